The van der Waals surface area contributed by atoms with Crippen LogP contribution in [0.4, 0.5) is 0 Å². The van der Waals surface area contributed by atoms with Crippen molar-refractivity contribution in [2.45, 2.75) is 32.4 Å². The van der Waals surface area contributed by atoms with E-state index in [0.717, 1.165) is 10.8 Å². The predicted octanol–water partition coefficient (Wildman–Crippen LogP) is 0.479. The van der Waals surface area contributed by atoms with Crippen LogP contribution in [0.3, 0.4) is 0 Å². The molecule has 0 aliphatic rings. The molecule has 3 N–H and O–H groups in total. The van der Waals surface area contributed by atoms with Gasteiger partial charge in [-0.3, -0.25) is 14.4 Å². The van der Waals surface area contributed by atoms with Gasteiger partial charge in [-0.2, -0.15) is 0 Å². The first-order valence-electron chi connectivity index (χ1n) is 9.61. The summed E-state index contributed by atoms with van der Waals surface area (Å²) in [6.45, 7) is 3.17. The van der Waals surface area contributed by atoms with Gasteiger partial charge in [0.15, 0.2) is 14.5 Å². The SMILES string of the molecule is BC(=O)[C@H](CC(=O)O)NC(=O)[C@@H](NC(=O)COc1ccc2ccccc2c1)C(C)C. The van der Waals surface area contributed by atoms with Gasteiger partial charge < -0.3 is 25.3 Å². The molecule has 0 spiro atoms. The lowest BCUT2D eigenvalue weighted by atomic mass is 9.92. The number of hydrogen-bond donors (Lipinski definition) is 3. The Morgan fingerprint density at radius 1 is 1.03 bits per heavy atom. The quantitative estimate of drug-likeness (QED) is 0.488. The number of fused-ring (bicyclic) bond motifs is 1. The second-order valence-corrected chi connectivity index (χ2v) is 7.36. The van der Waals surface area contributed by atoms with Crippen LogP contribution in [0.15, 0.2) is 42.5 Å². The number of aliphatic carboxylic acids is 1. The molecule has 2 rings (SSSR count). The molecular formula is C21H25BN2O6. The minimum Gasteiger partial charge on any atom is -0.484 e. The van der Waals surface area contributed by atoms with Crippen molar-refractivity contribution < 1.29 is 29.0 Å². The standard InChI is InChI=1S/C21H25BN2O6/c1-12(2)19(21(29)23-16(20(22)28)10-18(26)27)24-17(25)11-30-15-8-7-13-5-3-4-6-14(13)9-15/h3-9,12,16,19H,10-11,22H2,1-2H3,(H,23,29)(H,24,25)(H,26,27)/t16-,19-/m0/s1. The number of ether oxygens (including phenoxy) is 1. The molecule has 0 aliphatic carbocycles. The largest absolute Gasteiger partial charge is 0.484 e. The highest BCUT2D eigenvalue weighted by molar-refractivity contribution is 6.59. The highest BCUT2D eigenvalue weighted by Gasteiger charge is 2.28. The number of carbonyl (C=O) groups is 4. The Kier molecular flexibility index (Phi) is 7.97. The van der Waals surface area contributed by atoms with Crippen molar-refractivity contribution in [3.05, 3.63) is 42.5 Å². The normalized spacial score (nSPS) is 12.8. The lowest BCUT2D eigenvalue weighted by Gasteiger charge is -2.24. The van der Waals surface area contributed by atoms with Crippen molar-refractivity contribution >= 4 is 42.1 Å². The van der Waals surface area contributed by atoms with Gasteiger partial charge in [-0.15, -0.1) is 0 Å². The smallest absolute Gasteiger partial charge is 0.305 e. The molecule has 0 fully saturated rings. The molecule has 158 valence electrons. The minimum absolute atomic E-state index is 0.285. The van der Waals surface area contributed by atoms with Crippen LogP contribution in [-0.2, 0) is 19.2 Å². The van der Waals surface area contributed by atoms with Crippen LogP contribution >= 0.6 is 0 Å². The molecule has 9 heteroatoms. The highest BCUT2D eigenvalue weighted by Crippen LogP contribution is 2.20. The summed E-state index contributed by atoms with van der Waals surface area (Å²) in [7, 11) is 1.20. The van der Waals surface area contributed by atoms with Gasteiger partial charge in [0.2, 0.25) is 5.91 Å². The molecule has 0 saturated carbocycles. The van der Waals surface area contributed by atoms with Crippen LogP contribution in [-0.4, -0.2) is 55.1 Å². The molecule has 0 aromatic heterocycles. The number of nitrogens with one attached hydrogen (secondary N) is 2. The van der Waals surface area contributed by atoms with Crippen LogP contribution in [0.2, 0.25) is 0 Å². The summed E-state index contributed by atoms with van der Waals surface area (Å²) < 4.78 is 5.53. The Balaban J connectivity index is 1.97. The van der Waals surface area contributed by atoms with E-state index in [1.165, 1.54) is 7.85 Å². The van der Waals surface area contributed by atoms with Gasteiger partial charge in [-0.25, -0.2) is 0 Å². The van der Waals surface area contributed by atoms with E-state index in [0.29, 0.717) is 5.75 Å². The second-order valence-electron chi connectivity index (χ2n) is 7.36. The van der Waals surface area contributed by atoms with E-state index in [1.54, 1.807) is 19.9 Å². The number of benzene rings is 2. The van der Waals surface area contributed by atoms with Gasteiger partial charge in [0, 0.05) is 0 Å². The van der Waals surface area contributed by atoms with Gasteiger partial charge in [-0.05, 0) is 28.8 Å². The molecule has 0 aliphatic heterocycles. The van der Waals surface area contributed by atoms with Crippen molar-refractivity contribution in [2.75, 3.05) is 6.61 Å². The van der Waals surface area contributed by atoms with Crippen molar-refractivity contribution in [1.82, 2.24) is 10.6 Å². The maximum atomic E-state index is 12.5. The fourth-order valence-corrected chi connectivity index (χ4v) is 2.89. The van der Waals surface area contributed by atoms with E-state index in [-0.39, 0.29) is 12.5 Å². The summed E-state index contributed by atoms with van der Waals surface area (Å²) in [5.41, 5.74) is -0.473. The molecule has 0 radical (unpaired) electrons. The summed E-state index contributed by atoms with van der Waals surface area (Å²) in [6.07, 6.45) is -0.523. The molecule has 0 saturated heterocycles. The number of carboxylic acids is 1. The molecule has 8 nitrogen and oxygen atoms in total. The number of carboxylic acid groups (broad SMARTS) is 1. The fourth-order valence-electron chi connectivity index (χ4n) is 2.89. The minimum atomic E-state index is -1.20. The zero-order valence-corrected chi connectivity index (χ0v) is 17.2. The summed E-state index contributed by atoms with van der Waals surface area (Å²) in [4.78, 5) is 47.3. The molecule has 0 bridgehead atoms. The van der Waals surface area contributed by atoms with Crippen molar-refractivity contribution in [1.29, 1.82) is 0 Å². The Labute approximate surface area is 175 Å². The zero-order chi connectivity index (χ0) is 22.3. The van der Waals surface area contributed by atoms with E-state index in [2.05, 4.69) is 10.6 Å². The molecule has 2 amide bonds. The summed E-state index contributed by atoms with van der Waals surface area (Å²) >= 11 is 0. The molecule has 0 unspecified atom stereocenters. The van der Waals surface area contributed by atoms with Gasteiger partial charge in [0.25, 0.3) is 5.91 Å². The first-order valence-corrected chi connectivity index (χ1v) is 9.61. The van der Waals surface area contributed by atoms with E-state index < -0.39 is 42.0 Å². The summed E-state index contributed by atoms with van der Waals surface area (Å²) in [6, 6.07) is 11.1. The second kappa shape index (κ2) is 10.4. The lowest BCUT2D eigenvalue weighted by molar-refractivity contribution is -0.139. The maximum absolute atomic E-state index is 12.5. The first-order chi connectivity index (χ1) is 14.2. The van der Waals surface area contributed by atoms with Crippen LogP contribution in [0.5, 0.6) is 5.75 Å². The van der Waals surface area contributed by atoms with E-state index in [1.807, 2.05) is 36.4 Å². The van der Waals surface area contributed by atoms with E-state index >= 15 is 0 Å². The Bertz CT molecular complexity index is 946. The van der Waals surface area contributed by atoms with Gasteiger partial charge in [0.1, 0.15) is 17.5 Å². The average molecular weight is 412 g/mol. The van der Waals surface area contributed by atoms with Crippen LogP contribution in [0, 0.1) is 5.92 Å². The Hall–Kier alpha value is -3.36. The third-order valence-electron chi connectivity index (χ3n) is 4.54. The molecule has 2 aromatic rings. The third-order valence-corrected chi connectivity index (χ3v) is 4.54. The molecule has 2 atom stereocenters. The number of carbonyl (C=O) groups excluding carboxylic acids is 3. The summed E-state index contributed by atoms with van der Waals surface area (Å²) in [5, 5.41) is 15.9. The molecular weight excluding hydrogens is 387 g/mol. The molecule has 30 heavy (non-hydrogen) atoms. The van der Waals surface area contributed by atoms with E-state index in [9.17, 15) is 19.2 Å². The zero-order valence-electron chi connectivity index (χ0n) is 17.2. The van der Waals surface area contributed by atoms with Gasteiger partial charge in [-0.1, -0.05) is 44.2 Å². The van der Waals surface area contributed by atoms with Gasteiger partial charge >= 0.3 is 5.97 Å². The van der Waals surface area contributed by atoms with Crippen molar-refractivity contribution in [2.24, 2.45) is 5.92 Å². The van der Waals surface area contributed by atoms with Crippen LogP contribution < -0.4 is 15.4 Å². The third kappa shape index (κ3) is 6.61. The number of rotatable bonds is 10. The van der Waals surface area contributed by atoms with E-state index in [4.69, 9.17) is 9.84 Å². The van der Waals surface area contributed by atoms with Gasteiger partial charge in [0.05, 0.1) is 12.5 Å². The maximum Gasteiger partial charge on any atom is 0.305 e. The lowest BCUT2D eigenvalue weighted by Crippen LogP contribution is -2.54. The first kappa shape index (κ1) is 22.9. The number of hydrogen-bond acceptors (Lipinski definition) is 5. The fraction of sp³-hybridized carbons (Fsp3) is 0.333. The van der Waals surface area contributed by atoms with Crippen molar-refractivity contribution in [3.63, 3.8) is 0 Å². The van der Waals surface area contributed by atoms with Crippen LogP contribution in [0.1, 0.15) is 20.3 Å². The monoisotopic (exact) mass is 412 g/mol. The topological polar surface area (TPSA) is 122 Å². The predicted molar refractivity (Wildman–Crippen MR) is 114 cm³/mol. The number of amides is 2. The average Bonchev–Trinajstić information content (AvgIpc) is 2.69. The molecule has 2 aromatic carbocycles. The van der Waals surface area contributed by atoms with Crippen LogP contribution in [0.25, 0.3) is 10.8 Å². The summed E-state index contributed by atoms with van der Waals surface area (Å²) in [5.74, 6) is -2.09. The van der Waals surface area contributed by atoms with Crippen molar-refractivity contribution in [3.8, 4) is 5.75 Å². The molecule has 0 heterocycles. The Morgan fingerprint density at radius 3 is 2.30 bits per heavy atom. The highest BCUT2D eigenvalue weighted by atomic mass is 16.5. The Morgan fingerprint density at radius 2 is 1.70 bits per heavy atom.